The molecule has 28 heavy (non-hydrogen) atoms. The predicted octanol–water partition coefficient (Wildman–Crippen LogP) is 0.907. The van der Waals surface area contributed by atoms with Crippen LogP contribution in [0.1, 0.15) is 35.7 Å². The molecule has 0 aliphatic carbocycles. The third-order valence-corrected chi connectivity index (χ3v) is 5.57. The second-order valence-electron chi connectivity index (χ2n) is 6.61. The highest BCUT2D eigenvalue weighted by molar-refractivity contribution is 7.90. The molecule has 1 amide bonds. The van der Waals surface area contributed by atoms with Crippen LogP contribution < -0.4 is 21.9 Å². The molecule has 0 radical (unpaired) electrons. The van der Waals surface area contributed by atoms with Crippen LogP contribution in [0, 0.1) is 6.92 Å². The molecule has 1 aromatic carbocycles. The average molecular weight is 408 g/mol. The summed E-state index contributed by atoms with van der Waals surface area (Å²) in [5.41, 5.74) is 5.10. The Morgan fingerprint density at radius 3 is 2.50 bits per heavy atom. The van der Waals surface area contributed by atoms with E-state index in [2.05, 4.69) is 4.98 Å². The molecule has 0 unspecified atom stereocenters. The van der Waals surface area contributed by atoms with Crippen LogP contribution in [-0.2, 0) is 16.4 Å². The van der Waals surface area contributed by atoms with Gasteiger partial charge in [-0.3, -0.25) is 19.1 Å². The fraction of sp³-hybridized carbons (Fsp3) is 0.389. The number of aromatic amines is 1. The summed E-state index contributed by atoms with van der Waals surface area (Å²) in [6.07, 6.45) is 2.53. The molecule has 152 valence electrons. The molecule has 10 heteroatoms. The van der Waals surface area contributed by atoms with Crippen molar-refractivity contribution in [1.29, 1.82) is 0 Å². The van der Waals surface area contributed by atoms with Crippen LogP contribution >= 0.6 is 0 Å². The highest BCUT2D eigenvalue weighted by Gasteiger charge is 2.24. The number of nitrogens with two attached hydrogens (primary N) is 1. The van der Waals surface area contributed by atoms with Gasteiger partial charge in [0.15, 0.2) is 15.5 Å². The van der Waals surface area contributed by atoms with Crippen LogP contribution in [-0.4, -0.2) is 37.2 Å². The summed E-state index contributed by atoms with van der Waals surface area (Å²) in [5.74, 6) is -0.726. The number of nitrogens with one attached hydrogen (secondary N) is 1. The Balaban J connectivity index is 2.58. The second-order valence-corrected chi connectivity index (χ2v) is 8.63. The van der Waals surface area contributed by atoms with E-state index in [-0.39, 0.29) is 22.0 Å². The van der Waals surface area contributed by atoms with E-state index < -0.39 is 27.0 Å². The third-order valence-electron chi connectivity index (χ3n) is 4.46. The number of carbonyl (C=O) groups is 1. The van der Waals surface area contributed by atoms with E-state index in [1.807, 2.05) is 6.92 Å². The lowest BCUT2D eigenvalue weighted by Gasteiger charge is -2.21. The largest absolute Gasteiger partial charge is 0.383 e. The standard InChI is InChI=1S/C18H24N4O5S/c1-5-6-9-22-15(19)14(16(23)20-18(22)25)21(3)17(24)13-10-12(28(4,26)27)8-7-11(13)2/h7-8,10H,5-6,9,19H2,1-4H3,(H,20,23,25). The first-order chi connectivity index (χ1) is 13.0. The lowest BCUT2D eigenvalue weighted by Crippen LogP contribution is -2.39. The highest BCUT2D eigenvalue weighted by Crippen LogP contribution is 2.21. The van der Waals surface area contributed by atoms with Crippen LogP contribution in [0.2, 0.25) is 0 Å². The molecule has 0 atom stereocenters. The minimum Gasteiger partial charge on any atom is -0.383 e. The SMILES string of the molecule is CCCCn1c(N)c(N(C)C(=O)c2cc(S(C)(=O)=O)ccc2C)c(=O)[nH]c1=O. The molecule has 0 fully saturated rings. The smallest absolute Gasteiger partial charge is 0.330 e. The molecule has 0 saturated heterocycles. The van der Waals surface area contributed by atoms with Gasteiger partial charge in [0.05, 0.1) is 4.90 Å². The minimum atomic E-state index is -3.51. The number of hydrogen-bond donors (Lipinski definition) is 2. The van der Waals surface area contributed by atoms with E-state index in [4.69, 9.17) is 5.73 Å². The number of unbranched alkanes of at least 4 members (excludes halogenated alkanes) is 1. The maximum absolute atomic E-state index is 13.0. The predicted molar refractivity (Wildman–Crippen MR) is 108 cm³/mol. The van der Waals surface area contributed by atoms with E-state index in [1.54, 1.807) is 6.92 Å². The van der Waals surface area contributed by atoms with Gasteiger partial charge in [-0.15, -0.1) is 0 Å². The Bertz CT molecular complexity index is 1130. The topological polar surface area (TPSA) is 135 Å². The van der Waals surface area contributed by atoms with Gasteiger partial charge in [0.1, 0.15) is 5.82 Å². The fourth-order valence-corrected chi connectivity index (χ4v) is 3.43. The summed E-state index contributed by atoms with van der Waals surface area (Å²) in [5, 5.41) is 0. The summed E-state index contributed by atoms with van der Waals surface area (Å²) < 4.78 is 24.8. The first-order valence-electron chi connectivity index (χ1n) is 8.70. The van der Waals surface area contributed by atoms with Crippen molar-refractivity contribution in [3.05, 3.63) is 50.2 Å². The van der Waals surface area contributed by atoms with Gasteiger partial charge in [0.25, 0.3) is 11.5 Å². The number of aryl methyl sites for hydroxylation is 1. The molecule has 2 aromatic rings. The van der Waals surface area contributed by atoms with Gasteiger partial charge >= 0.3 is 5.69 Å². The molecule has 0 bridgehead atoms. The van der Waals surface area contributed by atoms with E-state index in [1.165, 1.54) is 29.8 Å². The zero-order valence-corrected chi connectivity index (χ0v) is 17.1. The third kappa shape index (κ3) is 4.16. The lowest BCUT2D eigenvalue weighted by atomic mass is 10.1. The number of H-pyrrole nitrogens is 1. The van der Waals surface area contributed by atoms with Gasteiger partial charge in [-0.2, -0.15) is 0 Å². The molecule has 0 saturated carbocycles. The van der Waals surface area contributed by atoms with Gasteiger partial charge in [-0.05, 0) is 31.0 Å². The lowest BCUT2D eigenvalue weighted by molar-refractivity contribution is 0.0992. The van der Waals surface area contributed by atoms with Crippen LogP contribution in [0.25, 0.3) is 0 Å². The van der Waals surface area contributed by atoms with Crippen LogP contribution in [0.3, 0.4) is 0 Å². The molecular weight excluding hydrogens is 384 g/mol. The molecule has 9 nitrogen and oxygen atoms in total. The van der Waals surface area contributed by atoms with Gasteiger partial charge in [0, 0.05) is 25.4 Å². The van der Waals surface area contributed by atoms with Crippen molar-refractivity contribution in [2.75, 3.05) is 23.9 Å². The number of benzene rings is 1. The quantitative estimate of drug-likeness (QED) is 0.729. The first kappa shape index (κ1) is 21.4. The zero-order valence-electron chi connectivity index (χ0n) is 16.3. The number of rotatable bonds is 6. The first-order valence-corrected chi connectivity index (χ1v) is 10.6. The summed E-state index contributed by atoms with van der Waals surface area (Å²) >= 11 is 0. The number of carbonyl (C=O) groups excluding carboxylic acids is 1. The van der Waals surface area contributed by atoms with Crippen molar-refractivity contribution in [3.63, 3.8) is 0 Å². The van der Waals surface area contributed by atoms with Crippen LogP contribution in [0.4, 0.5) is 11.5 Å². The van der Waals surface area contributed by atoms with Gasteiger partial charge < -0.3 is 10.6 Å². The maximum Gasteiger partial charge on any atom is 0.330 e. The molecule has 1 aromatic heterocycles. The molecule has 0 aliphatic rings. The van der Waals surface area contributed by atoms with Crippen molar-refractivity contribution in [3.8, 4) is 0 Å². The van der Waals surface area contributed by atoms with Crippen molar-refractivity contribution in [1.82, 2.24) is 9.55 Å². The van der Waals surface area contributed by atoms with Crippen LogP contribution in [0.15, 0.2) is 32.7 Å². The molecule has 0 aliphatic heterocycles. The molecular formula is C18H24N4O5S. The molecule has 0 spiro atoms. The van der Waals surface area contributed by atoms with E-state index in [0.29, 0.717) is 18.5 Å². The van der Waals surface area contributed by atoms with Gasteiger partial charge in [0.2, 0.25) is 0 Å². The molecule has 1 heterocycles. The molecule has 3 N–H and O–H groups in total. The normalized spacial score (nSPS) is 11.4. The van der Waals surface area contributed by atoms with Gasteiger partial charge in [-0.25, -0.2) is 13.2 Å². The number of amides is 1. The number of sulfone groups is 1. The van der Waals surface area contributed by atoms with Crippen molar-refractivity contribution < 1.29 is 13.2 Å². The number of nitrogens with zero attached hydrogens (tertiary/aromatic N) is 2. The number of hydrogen-bond acceptors (Lipinski definition) is 6. The highest BCUT2D eigenvalue weighted by atomic mass is 32.2. The Kier molecular flexibility index (Phi) is 6.13. The van der Waals surface area contributed by atoms with Crippen molar-refractivity contribution in [2.45, 2.75) is 38.1 Å². The Hall–Kier alpha value is -2.88. The Morgan fingerprint density at radius 2 is 1.93 bits per heavy atom. The maximum atomic E-state index is 13.0. The Labute approximate surface area is 162 Å². The number of aromatic nitrogens is 2. The van der Waals surface area contributed by atoms with E-state index >= 15 is 0 Å². The summed E-state index contributed by atoms with van der Waals surface area (Å²) in [6, 6.07) is 4.20. The fourth-order valence-electron chi connectivity index (χ4n) is 2.78. The average Bonchev–Trinajstić information content (AvgIpc) is 2.60. The minimum absolute atomic E-state index is 0.00959. The monoisotopic (exact) mass is 408 g/mol. The summed E-state index contributed by atoms with van der Waals surface area (Å²) in [4.78, 5) is 40.6. The van der Waals surface area contributed by atoms with E-state index in [0.717, 1.165) is 17.6 Å². The summed E-state index contributed by atoms with van der Waals surface area (Å²) in [7, 11) is -2.16. The second kappa shape index (κ2) is 8.01. The summed E-state index contributed by atoms with van der Waals surface area (Å²) in [6.45, 7) is 3.90. The van der Waals surface area contributed by atoms with E-state index in [9.17, 15) is 22.8 Å². The number of nitrogen functional groups attached to an aromatic ring is 1. The molecule has 2 rings (SSSR count). The van der Waals surface area contributed by atoms with Gasteiger partial charge in [-0.1, -0.05) is 19.4 Å². The van der Waals surface area contributed by atoms with Crippen LogP contribution in [0.5, 0.6) is 0 Å². The van der Waals surface area contributed by atoms with Crippen molar-refractivity contribution >= 4 is 27.2 Å². The van der Waals surface area contributed by atoms with Crippen molar-refractivity contribution in [2.24, 2.45) is 0 Å². The zero-order chi connectivity index (χ0) is 21.2. The number of anilines is 2. The Morgan fingerprint density at radius 1 is 1.29 bits per heavy atom.